The lowest BCUT2D eigenvalue weighted by molar-refractivity contribution is 0.415. The van der Waals surface area contributed by atoms with E-state index in [-0.39, 0.29) is 5.56 Å². The fourth-order valence-electron chi connectivity index (χ4n) is 1.82. The molecule has 18 heavy (non-hydrogen) atoms. The van der Waals surface area contributed by atoms with Crippen LogP contribution in [0.3, 0.4) is 0 Å². The molecule has 0 aliphatic rings. The summed E-state index contributed by atoms with van der Waals surface area (Å²) in [4.78, 5) is 14.0. The minimum Gasteiger partial charge on any atom is -0.373 e. The number of nitrogens with zero attached hydrogens (tertiary/aromatic N) is 3. The van der Waals surface area contributed by atoms with Gasteiger partial charge in [0.25, 0.3) is 5.56 Å². The first-order valence-corrected chi connectivity index (χ1v) is 7.58. The van der Waals surface area contributed by atoms with Crippen LogP contribution >= 0.6 is 15.9 Å². The van der Waals surface area contributed by atoms with Crippen molar-refractivity contribution in [2.45, 2.75) is 33.2 Å². The molecule has 0 aliphatic heterocycles. The van der Waals surface area contributed by atoms with E-state index < -0.39 is 0 Å². The highest BCUT2D eigenvalue weighted by molar-refractivity contribution is 9.09. The van der Waals surface area contributed by atoms with Crippen LogP contribution in [0.2, 0.25) is 0 Å². The van der Waals surface area contributed by atoms with Crippen LogP contribution in [-0.4, -0.2) is 28.7 Å². The zero-order valence-electron chi connectivity index (χ0n) is 11.4. The van der Waals surface area contributed by atoms with Crippen LogP contribution in [0.1, 0.15) is 26.7 Å². The first-order valence-electron chi connectivity index (χ1n) is 6.46. The predicted octanol–water partition coefficient (Wildman–Crippen LogP) is 2.51. The van der Waals surface area contributed by atoms with Crippen molar-refractivity contribution in [1.82, 2.24) is 9.78 Å². The van der Waals surface area contributed by atoms with Gasteiger partial charge in [0, 0.05) is 31.5 Å². The van der Waals surface area contributed by atoms with Crippen molar-refractivity contribution in [3.63, 3.8) is 0 Å². The van der Waals surface area contributed by atoms with E-state index in [4.69, 9.17) is 0 Å². The first kappa shape index (κ1) is 15.2. The molecule has 0 radical (unpaired) electrons. The molecule has 1 unspecified atom stereocenters. The smallest absolute Gasteiger partial charge is 0.268 e. The van der Waals surface area contributed by atoms with Crippen LogP contribution in [0, 0.1) is 5.92 Å². The van der Waals surface area contributed by atoms with E-state index in [0.29, 0.717) is 12.5 Å². The van der Waals surface area contributed by atoms with Gasteiger partial charge in [0.1, 0.15) is 0 Å². The van der Waals surface area contributed by atoms with Crippen LogP contribution in [0.15, 0.2) is 17.1 Å². The molecule has 1 heterocycles. The number of rotatable bonds is 7. The van der Waals surface area contributed by atoms with Crippen molar-refractivity contribution in [2.75, 3.05) is 23.8 Å². The highest BCUT2D eigenvalue weighted by atomic mass is 79.9. The Labute approximate surface area is 117 Å². The molecule has 1 aromatic rings. The molecule has 0 fully saturated rings. The van der Waals surface area contributed by atoms with Crippen LogP contribution in [0.25, 0.3) is 0 Å². The Balaban J connectivity index is 2.82. The average Bonchev–Trinajstić information content (AvgIpc) is 2.39. The molecular formula is C13H22BrN3O. The third-order valence-corrected chi connectivity index (χ3v) is 4.03. The predicted molar refractivity (Wildman–Crippen MR) is 79.6 cm³/mol. The maximum atomic E-state index is 12.0. The summed E-state index contributed by atoms with van der Waals surface area (Å²) in [7, 11) is 1.96. The van der Waals surface area contributed by atoms with E-state index in [9.17, 15) is 4.79 Å². The minimum absolute atomic E-state index is 0.0187. The quantitative estimate of drug-likeness (QED) is 0.726. The maximum Gasteiger partial charge on any atom is 0.268 e. The fraction of sp³-hybridized carbons (Fsp3) is 0.692. The van der Waals surface area contributed by atoms with Gasteiger partial charge in [-0.25, -0.2) is 4.68 Å². The van der Waals surface area contributed by atoms with Gasteiger partial charge in [-0.2, -0.15) is 5.10 Å². The normalized spacial score (nSPS) is 12.4. The van der Waals surface area contributed by atoms with Crippen molar-refractivity contribution >= 4 is 21.6 Å². The van der Waals surface area contributed by atoms with Gasteiger partial charge in [-0.05, 0) is 19.3 Å². The lowest BCUT2D eigenvalue weighted by atomic mass is 10.1. The van der Waals surface area contributed by atoms with Gasteiger partial charge in [0.15, 0.2) is 0 Å². The van der Waals surface area contributed by atoms with Gasteiger partial charge in [-0.3, -0.25) is 4.79 Å². The molecule has 0 aromatic carbocycles. The Morgan fingerprint density at radius 1 is 1.50 bits per heavy atom. The largest absolute Gasteiger partial charge is 0.373 e. The van der Waals surface area contributed by atoms with Crippen molar-refractivity contribution < 1.29 is 0 Å². The highest BCUT2D eigenvalue weighted by Crippen LogP contribution is 2.12. The Morgan fingerprint density at radius 2 is 2.22 bits per heavy atom. The number of alkyl halides is 1. The van der Waals surface area contributed by atoms with Gasteiger partial charge >= 0.3 is 0 Å². The van der Waals surface area contributed by atoms with Gasteiger partial charge in [-0.1, -0.05) is 29.3 Å². The highest BCUT2D eigenvalue weighted by Gasteiger charge is 2.10. The Kier molecular flexibility index (Phi) is 6.39. The van der Waals surface area contributed by atoms with Gasteiger partial charge in [-0.15, -0.1) is 0 Å². The van der Waals surface area contributed by atoms with E-state index >= 15 is 0 Å². The van der Waals surface area contributed by atoms with Crippen molar-refractivity contribution in [3.8, 4) is 0 Å². The molecule has 0 saturated carbocycles. The molecular weight excluding hydrogens is 294 g/mol. The molecule has 102 valence electrons. The van der Waals surface area contributed by atoms with Crippen molar-refractivity contribution in [2.24, 2.45) is 5.92 Å². The van der Waals surface area contributed by atoms with E-state index in [1.807, 2.05) is 18.9 Å². The SMILES string of the molecule is CCCC(CBr)Cn1ncc(N(C)CC)cc1=O. The summed E-state index contributed by atoms with van der Waals surface area (Å²) >= 11 is 3.50. The first-order chi connectivity index (χ1) is 8.62. The molecule has 4 nitrogen and oxygen atoms in total. The average molecular weight is 316 g/mol. The molecule has 1 rings (SSSR count). The number of anilines is 1. The molecule has 0 spiro atoms. The minimum atomic E-state index is -0.0187. The van der Waals surface area contributed by atoms with Crippen molar-refractivity contribution in [3.05, 3.63) is 22.6 Å². The Bertz CT molecular complexity index is 419. The standard InChI is InChI=1S/C13H22BrN3O/c1-4-6-11(8-14)10-17-13(18)7-12(9-15-17)16(3)5-2/h7,9,11H,4-6,8,10H2,1-3H3. The number of halogens is 1. The second-order valence-electron chi connectivity index (χ2n) is 4.56. The summed E-state index contributed by atoms with van der Waals surface area (Å²) < 4.78 is 1.56. The second-order valence-corrected chi connectivity index (χ2v) is 5.20. The van der Waals surface area contributed by atoms with E-state index in [1.165, 1.54) is 0 Å². The summed E-state index contributed by atoms with van der Waals surface area (Å²) in [6, 6.07) is 1.66. The van der Waals surface area contributed by atoms with Crippen molar-refractivity contribution in [1.29, 1.82) is 0 Å². The Morgan fingerprint density at radius 3 is 2.72 bits per heavy atom. The van der Waals surface area contributed by atoms with E-state index in [1.54, 1.807) is 16.9 Å². The number of hydrogen-bond donors (Lipinski definition) is 0. The fourth-order valence-corrected chi connectivity index (χ4v) is 2.35. The topological polar surface area (TPSA) is 38.1 Å². The summed E-state index contributed by atoms with van der Waals surface area (Å²) in [6.07, 6.45) is 4.00. The summed E-state index contributed by atoms with van der Waals surface area (Å²) in [5, 5.41) is 5.17. The van der Waals surface area contributed by atoms with Gasteiger partial charge < -0.3 is 4.90 Å². The molecule has 5 heteroatoms. The molecule has 0 saturated heterocycles. The zero-order chi connectivity index (χ0) is 13.5. The summed E-state index contributed by atoms with van der Waals surface area (Å²) in [5.74, 6) is 0.468. The van der Waals surface area contributed by atoms with Gasteiger partial charge in [0.05, 0.1) is 11.9 Å². The van der Waals surface area contributed by atoms with Gasteiger partial charge in [0.2, 0.25) is 0 Å². The maximum absolute atomic E-state index is 12.0. The van der Waals surface area contributed by atoms with E-state index in [2.05, 4.69) is 28.0 Å². The molecule has 1 aromatic heterocycles. The van der Waals surface area contributed by atoms with Crippen LogP contribution in [0.5, 0.6) is 0 Å². The Hall–Kier alpha value is -0.840. The van der Waals surface area contributed by atoms with Crippen LogP contribution < -0.4 is 10.5 Å². The molecule has 0 aliphatic carbocycles. The van der Waals surface area contributed by atoms with Crippen LogP contribution in [-0.2, 0) is 6.54 Å². The summed E-state index contributed by atoms with van der Waals surface area (Å²) in [5.41, 5.74) is 0.861. The lowest BCUT2D eigenvalue weighted by Gasteiger charge is -2.18. The molecule has 1 atom stereocenters. The number of aromatic nitrogens is 2. The molecule has 0 amide bonds. The van der Waals surface area contributed by atoms with E-state index in [0.717, 1.165) is 30.4 Å². The zero-order valence-corrected chi connectivity index (χ0v) is 13.0. The lowest BCUT2D eigenvalue weighted by Crippen LogP contribution is -2.28. The number of hydrogen-bond acceptors (Lipinski definition) is 3. The molecule has 0 N–H and O–H groups in total. The monoisotopic (exact) mass is 315 g/mol. The molecule has 0 bridgehead atoms. The summed E-state index contributed by atoms with van der Waals surface area (Å²) in [6.45, 7) is 5.76. The third kappa shape index (κ3) is 4.12. The third-order valence-electron chi connectivity index (χ3n) is 3.12. The second kappa shape index (κ2) is 7.56. The van der Waals surface area contributed by atoms with Crippen LogP contribution in [0.4, 0.5) is 5.69 Å².